The number of nitrogens with one attached hydrogen (secondary N) is 2. The maximum atomic E-state index is 11.7. The lowest BCUT2D eigenvalue weighted by Crippen LogP contribution is -2.45. The molecular weight excluding hydrogens is 272 g/mol. The third-order valence-electron chi connectivity index (χ3n) is 3.34. The highest BCUT2D eigenvalue weighted by Crippen LogP contribution is 2.10. The number of rotatable bonds is 6. The van der Waals surface area contributed by atoms with Crippen LogP contribution in [-0.2, 0) is 14.3 Å². The average Bonchev–Trinajstić information content (AvgIpc) is 2.94. The predicted molar refractivity (Wildman–Crippen MR) is 81.0 cm³/mol. The van der Waals surface area contributed by atoms with E-state index < -0.39 is 0 Å². The molecule has 21 heavy (non-hydrogen) atoms. The fourth-order valence-electron chi connectivity index (χ4n) is 2.20. The molecule has 1 aliphatic heterocycles. The third kappa shape index (κ3) is 6.01. The first kappa shape index (κ1) is 17.3. The normalized spacial score (nSPS) is 18.5. The summed E-state index contributed by atoms with van der Waals surface area (Å²) in [5.41, 5.74) is 0. The molecule has 1 rings (SSSR count). The van der Waals surface area contributed by atoms with Crippen LogP contribution >= 0.6 is 0 Å². The van der Waals surface area contributed by atoms with E-state index in [2.05, 4.69) is 20.4 Å². The number of carbonyl (C=O) groups is 2. The van der Waals surface area contributed by atoms with Gasteiger partial charge in [-0.2, -0.15) is 0 Å². The summed E-state index contributed by atoms with van der Waals surface area (Å²) in [6.45, 7) is 6.47. The van der Waals surface area contributed by atoms with Crippen molar-refractivity contribution in [3.8, 4) is 0 Å². The first-order chi connectivity index (χ1) is 10.1. The van der Waals surface area contributed by atoms with Gasteiger partial charge in [-0.25, -0.2) is 0 Å². The summed E-state index contributed by atoms with van der Waals surface area (Å²) in [5.74, 6) is 0.597. The van der Waals surface area contributed by atoms with Crippen molar-refractivity contribution in [3.63, 3.8) is 0 Å². The van der Waals surface area contributed by atoms with Crippen molar-refractivity contribution in [1.29, 1.82) is 0 Å². The smallest absolute Gasteiger partial charge is 0.307 e. The molecule has 7 nitrogen and oxygen atoms in total. The van der Waals surface area contributed by atoms with Crippen molar-refractivity contribution in [2.24, 2.45) is 4.99 Å². The summed E-state index contributed by atoms with van der Waals surface area (Å²) < 4.78 is 4.59. The van der Waals surface area contributed by atoms with Crippen molar-refractivity contribution < 1.29 is 14.3 Å². The molecule has 2 N–H and O–H groups in total. The van der Waals surface area contributed by atoms with Gasteiger partial charge in [-0.1, -0.05) is 6.92 Å². The Balaban J connectivity index is 2.45. The summed E-state index contributed by atoms with van der Waals surface area (Å²) in [5, 5.41) is 6.45. The number of guanidine groups is 1. The van der Waals surface area contributed by atoms with Gasteiger partial charge in [-0.05, 0) is 13.3 Å². The highest BCUT2D eigenvalue weighted by molar-refractivity contribution is 5.81. The largest absolute Gasteiger partial charge is 0.469 e. The van der Waals surface area contributed by atoms with Crippen molar-refractivity contribution in [1.82, 2.24) is 15.5 Å². The molecule has 0 aromatic carbocycles. The van der Waals surface area contributed by atoms with Crippen molar-refractivity contribution >= 4 is 17.8 Å². The van der Waals surface area contributed by atoms with Gasteiger partial charge in [0.25, 0.3) is 0 Å². The summed E-state index contributed by atoms with van der Waals surface area (Å²) in [6.07, 6.45) is 1.71. The van der Waals surface area contributed by atoms with Crippen molar-refractivity contribution in [2.75, 3.05) is 33.3 Å². The van der Waals surface area contributed by atoms with Crippen LogP contribution < -0.4 is 10.6 Å². The molecule has 1 saturated heterocycles. The van der Waals surface area contributed by atoms with Crippen LogP contribution in [0.25, 0.3) is 0 Å². The van der Waals surface area contributed by atoms with E-state index in [1.807, 2.05) is 18.7 Å². The molecule has 1 aliphatic rings. The molecule has 0 radical (unpaired) electrons. The predicted octanol–water partition coefficient (Wildman–Crippen LogP) is 0.116. The Morgan fingerprint density at radius 2 is 2.14 bits per heavy atom. The summed E-state index contributed by atoms with van der Waals surface area (Å²) in [6, 6.07) is 0.205. The zero-order valence-electron chi connectivity index (χ0n) is 13.1. The molecule has 0 bridgehead atoms. The zero-order chi connectivity index (χ0) is 15.7. The van der Waals surface area contributed by atoms with Crippen LogP contribution in [-0.4, -0.2) is 62.1 Å². The third-order valence-corrected chi connectivity index (χ3v) is 3.34. The molecule has 0 saturated carbocycles. The van der Waals surface area contributed by atoms with E-state index in [-0.39, 0.29) is 24.3 Å². The van der Waals surface area contributed by atoms with Gasteiger partial charge in [0.2, 0.25) is 5.91 Å². The lowest BCUT2D eigenvalue weighted by atomic mass is 10.3. The molecule has 1 amide bonds. The van der Waals surface area contributed by atoms with E-state index in [1.54, 1.807) is 0 Å². The van der Waals surface area contributed by atoms with Gasteiger partial charge < -0.3 is 20.3 Å². The highest BCUT2D eigenvalue weighted by atomic mass is 16.5. The van der Waals surface area contributed by atoms with Gasteiger partial charge in [0.05, 0.1) is 20.1 Å². The molecule has 1 unspecified atom stereocenters. The lowest BCUT2D eigenvalue weighted by Gasteiger charge is -2.18. The minimum atomic E-state index is -0.268. The maximum Gasteiger partial charge on any atom is 0.307 e. The minimum Gasteiger partial charge on any atom is -0.469 e. The van der Waals surface area contributed by atoms with Crippen molar-refractivity contribution in [2.45, 2.75) is 39.2 Å². The second-order valence-electron chi connectivity index (χ2n) is 4.91. The number of methoxy groups -OCH3 is 1. The Labute approximate surface area is 126 Å². The maximum absolute atomic E-state index is 11.7. The number of esters is 1. The zero-order valence-corrected chi connectivity index (χ0v) is 13.1. The van der Waals surface area contributed by atoms with Gasteiger partial charge >= 0.3 is 5.97 Å². The molecule has 0 aromatic heterocycles. The second kappa shape index (κ2) is 9.20. The number of nitrogens with zero attached hydrogens (tertiary/aromatic N) is 2. The Kier molecular flexibility index (Phi) is 7.56. The molecular formula is C14H26N4O3. The van der Waals surface area contributed by atoms with E-state index in [0.717, 1.165) is 19.5 Å². The van der Waals surface area contributed by atoms with Gasteiger partial charge in [-0.3, -0.25) is 14.6 Å². The number of carbonyl (C=O) groups excluding carboxylic acids is 2. The molecule has 0 aromatic rings. The number of amides is 1. The highest BCUT2D eigenvalue weighted by Gasteiger charge is 2.25. The molecule has 7 heteroatoms. The topological polar surface area (TPSA) is 83.0 Å². The Hall–Kier alpha value is -1.79. The molecule has 120 valence electrons. The molecule has 0 spiro atoms. The first-order valence-corrected chi connectivity index (χ1v) is 7.50. The fourth-order valence-corrected chi connectivity index (χ4v) is 2.20. The van der Waals surface area contributed by atoms with Gasteiger partial charge in [0, 0.05) is 32.1 Å². The second-order valence-corrected chi connectivity index (χ2v) is 4.91. The number of hydrogen-bond donors (Lipinski definition) is 2. The average molecular weight is 298 g/mol. The van der Waals surface area contributed by atoms with Crippen LogP contribution in [0, 0.1) is 0 Å². The van der Waals surface area contributed by atoms with Crippen LogP contribution in [0.2, 0.25) is 0 Å². The number of likely N-dealkylation sites (tertiary alicyclic amines) is 1. The molecule has 1 fully saturated rings. The van der Waals surface area contributed by atoms with Crippen LogP contribution in [0.3, 0.4) is 0 Å². The monoisotopic (exact) mass is 298 g/mol. The van der Waals surface area contributed by atoms with Gasteiger partial charge in [0.15, 0.2) is 5.96 Å². The van der Waals surface area contributed by atoms with Crippen molar-refractivity contribution in [3.05, 3.63) is 0 Å². The van der Waals surface area contributed by atoms with Crippen LogP contribution in [0.1, 0.15) is 33.1 Å². The fraction of sp³-hybridized carbons (Fsp3) is 0.786. The number of hydrogen-bond acceptors (Lipinski definition) is 4. The SMILES string of the molecule is CCNC(=NCCC(=O)OC)NC1CCN(C(=O)CC)C1. The summed E-state index contributed by atoms with van der Waals surface area (Å²) in [4.78, 5) is 28.9. The number of ether oxygens (including phenoxy) is 1. The molecule has 1 atom stereocenters. The number of aliphatic imine (C=N–C) groups is 1. The summed E-state index contributed by atoms with van der Waals surface area (Å²) >= 11 is 0. The standard InChI is InChI=1S/C14H26N4O3/c1-4-12(19)18-9-7-11(10-18)17-14(15-5-2)16-8-6-13(20)21-3/h11H,4-10H2,1-3H3,(H2,15,16,17). The van der Waals surface area contributed by atoms with E-state index in [4.69, 9.17) is 0 Å². The van der Waals surface area contributed by atoms with Crippen LogP contribution in [0.4, 0.5) is 0 Å². The summed E-state index contributed by atoms with van der Waals surface area (Å²) in [7, 11) is 1.37. The quantitative estimate of drug-likeness (QED) is 0.413. The first-order valence-electron chi connectivity index (χ1n) is 7.50. The molecule has 1 heterocycles. The van der Waals surface area contributed by atoms with E-state index >= 15 is 0 Å². The van der Waals surface area contributed by atoms with E-state index in [0.29, 0.717) is 25.5 Å². The van der Waals surface area contributed by atoms with E-state index in [1.165, 1.54) is 7.11 Å². The van der Waals surface area contributed by atoms with Crippen LogP contribution in [0.15, 0.2) is 4.99 Å². The minimum absolute atomic E-state index is 0.187. The van der Waals surface area contributed by atoms with E-state index in [9.17, 15) is 9.59 Å². The van der Waals surface area contributed by atoms with Crippen LogP contribution in [0.5, 0.6) is 0 Å². The van der Waals surface area contributed by atoms with Gasteiger partial charge in [0.1, 0.15) is 0 Å². The lowest BCUT2D eigenvalue weighted by molar-refractivity contribution is -0.140. The Bertz CT molecular complexity index is 384. The Morgan fingerprint density at radius 1 is 1.38 bits per heavy atom. The molecule has 0 aliphatic carbocycles. The van der Waals surface area contributed by atoms with Gasteiger partial charge in [-0.15, -0.1) is 0 Å². The Morgan fingerprint density at radius 3 is 2.76 bits per heavy atom.